The van der Waals surface area contributed by atoms with Crippen LogP contribution in [0.25, 0.3) is 22.8 Å². The van der Waals surface area contributed by atoms with Crippen molar-refractivity contribution in [1.82, 2.24) is 15.1 Å². The second-order valence-electron chi connectivity index (χ2n) is 4.48. The molecule has 0 radical (unpaired) electrons. The Labute approximate surface area is 126 Å². The minimum absolute atomic E-state index is 0.0163. The number of nitrogens with zero attached hydrogens (tertiary/aromatic N) is 3. The van der Waals surface area contributed by atoms with E-state index in [-0.39, 0.29) is 10.8 Å². The van der Waals surface area contributed by atoms with Gasteiger partial charge in [0.2, 0.25) is 5.82 Å². The Morgan fingerprint density at radius 1 is 1.29 bits per heavy atom. The Hall–Kier alpha value is -2.40. The summed E-state index contributed by atoms with van der Waals surface area (Å²) in [6, 6.07) is 6.61. The molecule has 21 heavy (non-hydrogen) atoms. The fourth-order valence-corrected chi connectivity index (χ4v) is 2.20. The van der Waals surface area contributed by atoms with Gasteiger partial charge in [-0.05, 0) is 36.2 Å². The molecular weight excluding hydrogens is 290 g/mol. The number of aryl methyl sites for hydroxylation is 1. The number of phenols is 1. The first-order chi connectivity index (χ1) is 10.2. The Kier molecular flexibility index (Phi) is 3.58. The van der Waals surface area contributed by atoms with E-state index in [9.17, 15) is 5.11 Å². The van der Waals surface area contributed by atoms with Crippen molar-refractivity contribution < 1.29 is 9.63 Å². The Morgan fingerprint density at radius 3 is 2.90 bits per heavy atom. The molecule has 0 saturated heterocycles. The van der Waals surface area contributed by atoms with Crippen molar-refractivity contribution in [3.8, 4) is 28.6 Å². The summed E-state index contributed by atoms with van der Waals surface area (Å²) in [6.45, 7) is 2.04. The maximum Gasteiger partial charge on any atom is 0.258 e. The SMILES string of the molecule is CCc1cnccc1-c1noc(-c2ccc(O)c(Cl)c2)n1. The van der Waals surface area contributed by atoms with Gasteiger partial charge in [0.25, 0.3) is 5.89 Å². The minimum Gasteiger partial charge on any atom is -0.506 e. The van der Waals surface area contributed by atoms with Gasteiger partial charge in [-0.1, -0.05) is 23.7 Å². The van der Waals surface area contributed by atoms with Gasteiger partial charge in [-0.25, -0.2) is 0 Å². The second kappa shape index (κ2) is 5.54. The van der Waals surface area contributed by atoms with E-state index in [1.54, 1.807) is 24.5 Å². The first-order valence-electron chi connectivity index (χ1n) is 6.45. The molecule has 0 aliphatic rings. The number of pyridine rings is 1. The van der Waals surface area contributed by atoms with E-state index in [0.29, 0.717) is 17.3 Å². The minimum atomic E-state index is 0.0163. The monoisotopic (exact) mass is 301 g/mol. The Balaban J connectivity index is 2.01. The van der Waals surface area contributed by atoms with Gasteiger partial charge < -0.3 is 9.63 Å². The van der Waals surface area contributed by atoms with E-state index in [1.165, 1.54) is 6.07 Å². The summed E-state index contributed by atoms with van der Waals surface area (Å²) in [6.07, 6.45) is 4.32. The van der Waals surface area contributed by atoms with Crippen LogP contribution in [0.1, 0.15) is 12.5 Å². The molecule has 0 spiro atoms. The number of hydrogen-bond acceptors (Lipinski definition) is 5. The van der Waals surface area contributed by atoms with Crippen LogP contribution in [0.5, 0.6) is 5.75 Å². The predicted molar refractivity (Wildman–Crippen MR) is 79.0 cm³/mol. The van der Waals surface area contributed by atoms with Gasteiger partial charge in [0.05, 0.1) is 5.02 Å². The zero-order valence-electron chi connectivity index (χ0n) is 11.2. The molecule has 106 valence electrons. The summed E-state index contributed by atoms with van der Waals surface area (Å²) in [5.41, 5.74) is 2.60. The summed E-state index contributed by atoms with van der Waals surface area (Å²) in [4.78, 5) is 8.48. The highest BCUT2D eigenvalue weighted by Gasteiger charge is 2.14. The number of rotatable bonds is 3. The lowest BCUT2D eigenvalue weighted by atomic mass is 10.1. The molecule has 2 aromatic heterocycles. The van der Waals surface area contributed by atoms with Crippen molar-refractivity contribution in [1.29, 1.82) is 0 Å². The number of phenolic OH excluding ortho intramolecular Hbond substituents is 1. The number of benzene rings is 1. The third kappa shape index (κ3) is 2.60. The van der Waals surface area contributed by atoms with Crippen molar-refractivity contribution in [2.45, 2.75) is 13.3 Å². The molecular formula is C15H12ClN3O2. The van der Waals surface area contributed by atoms with Gasteiger partial charge >= 0.3 is 0 Å². The summed E-state index contributed by atoms with van der Waals surface area (Å²) >= 11 is 5.89. The quantitative estimate of drug-likeness (QED) is 0.798. The average molecular weight is 302 g/mol. The third-order valence-electron chi connectivity index (χ3n) is 3.15. The molecule has 0 unspecified atom stereocenters. The molecule has 5 nitrogen and oxygen atoms in total. The zero-order valence-corrected chi connectivity index (χ0v) is 12.0. The molecule has 0 atom stereocenters. The third-order valence-corrected chi connectivity index (χ3v) is 3.45. The van der Waals surface area contributed by atoms with Crippen LogP contribution >= 0.6 is 11.6 Å². The maximum atomic E-state index is 9.44. The van der Waals surface area contributed by atoms with Crippen LogP contribution in [0.15, 0.2) is 41.2 Å². The van der Waals surface area contributed by atoms with E-state index in [1.807, 2.05) is 13.0 Å². The fraction of sp³-hybridized carbons (Fsp3) is 0.133. The highest BCUT2D eigenvalue weighted by atomic mass is 35.5. The number of aromatic hydroxyl groups is 1. The lowest BCUT2D eigenvalue weighted by Gasteiger charge is -2.01. The second-order valence-corrected chi connectivity index (χ2v) is 4.88. The van der Waals surface area contributed by atoms with Gasteiger partial charge in [-0.2, -0.15) is 4.98 Å². The highest BCUT2D eigenvalue weighted by molar-refractivity contribution is 6.32. The standard InChI is InChI=1S/C15H12ClN3O2/c1-2-9-8-17-6-5-11(9)14-18-15(21-19-14)10-3-4-13(20)12(16)7-10/h3-8,20H,2H2,1H3. The Morgan fingerprint density at radius 2 is 2.14 bits per heavy atom. The smallest absolute Gasteiger partial charge is 0.258 e. The van der Waals surface area contributed by atoms with Gasteiger partial charge in [-0.15, -0.1) is 0 Å². The van der Waals surface area contributed by atoms with E-state index in [4.69, 9.17) is 16.1 Å². The molecule has 0 amide bonds. The van der Waals surface area contributed by atoms with Gasteiger partial charge in [-0.3, -0.25) is 4.98 Å². The number of halogens is 1. The van der Waals surface area contributed by atoms with Crippen LogP contribution in [0.3, 0.4) is 0 Å². The molecule has 0 fully saturated rings. The molecule has 1 aromatic carbocycles. The van der Waals surface area contributed by atoms with Crippen LogP contribution in [0.2, 0.25) is 5.02 Å². The topological polar surface area (TPSA) is 72.0 Å². The number of aromatic nitrogens is 3. The van der Waals surface area contributed by atoms with Gasteiger partial charge in [0.15, 0.2) is 0 Å². The molecule has 1 N–H and O–H groups in total. The van der Waals surface area contributed by atoms with Crippen LogP contribution in [-0.4, -0.2) is 20.2 Å². The van der Waals surface area contributed by atoms with Crippen LogP contribution in [0.4, 0.5) is 0 Å². The molecule has 3 aromatic rings. The summed E-state index contributed by atoms with van der Waals surface area (Å²) < 4.78 is 5.28. The van der Waals surface area contributed by atoms with Crippen molar-refractivity contribution in [3.05, 3.63) is 47.2 Å². The summed E-state index contributed by atoms with van der Waals surface area (Å²) in [7, 11) is 0. The van der Waals surface area contributed by atoms with Crippen molar-refractivity contribution in [2.75, 3.05) is 0 Å². The van der Waals surface area contributed by atoms with Crippen LogP contribution < -0.4 is 0 Å². The highest BCUT2D eigenvalue weighted by Crippen LogP contribution is 2.30. The number of hydrogen-bond donors (Lipinski definition) is 1. The molecule has 3 rings (SSSR count). The molecule has 2 heterocycles. The summed E-state index contributed by atoms with van der Waals surface area (Å²) in [5.74, 6) is 0.877. The van der Waals surface area contributed by atoms with E-state index < -0.39 is 0 Å². The fourth-order valence-electron chi connectivity index (χ4n) is 2.02. The molecule has 0 saturated carbocycles. The van der Waals surface area contributed by atoms with Crippen molar-refractivity contribution >= 4 is 11.6 Å². The zero-order chi connectivity index (χ0) is 14.8. The lowest BCUT2D eigenvalue weighted by Crippen LogP contribution is -1.90. The molecule has 0 aliphatic carbocycles. The summed E-state index contributed by atoms with van der Waals surface area (Å²) in [5, 5.41) is 13.7. The van der Waals surface area contributed by atoms with E-state index in [2.05, 4.69) is 15.1 Å². The first kappa shape index (κ1) is 13.6. The molecule has 6 heteroatoms. The first-order valence-corrected chi connectivity index (χ1v) is 6.82. The van der Waals surface area contributed by atoms with Crippen molar-refractivity contribution in [2.24, 2.45) is 0 Å². The maximum absolute atomic E-state index is 9.44. The van der Waals surface area contributed by atoms with Crippen LogP contribution in [0, 0.1) is 0 Å². The molecule has 0 bridgehead atoms. The van der Waals surface area contributed by atoms with E-state index >= 15 is 0 Å². The average Bonchev–Trinajstić information content (AvgIpc) is 2.99. The van der Waals surface area contributed by atoms with E-state index in [0.717, 1.165) is 17.5 Å². The van der Waals surface area contributed by atoms with Crippen LogP contribution in [-0.2, 0) is 6.42 Å². The predicted octanol–water partition coefficient (Wildman–Crippen LogP) is 3.72. The normalized spacial score (nSPS) is 10.8. The lowest BCUT2D eigenvalue weighted by molar-refractivity contribution is 0.432. The molecule has 0 aliphatic heterocycles. The largest absolute Gasteiger partial charge is 0.506 e. The van der Waals surface area contributed by atoms with Gasteiger partial charge in [0.1, 0.15) is 5.75 Å². The van der Waals surface area contributed by atoms with Gasteiger partial charge in [0, 0.05) is 23.5 Å². The van der Waals surface area contributed by atoms with Crippen molar-refractivity contribution in [3.63, 3.8) is 0 Å². The Bertz CT molecular complexity index is 786.